The van der Waals surface area contributed by atoms with Crippen LogP contribution in [0.1, 0.15) is 94.1 Å². The third-order valence-electron chi connectivity index (χ3n) is 7.10. The van der Waals surface area contributed by atoms with Crippen LogP contribution in [0.3, 0.4) is 0 Å². The molecule has 5 nitrogen and oxygen atoms in total. The van der Waals surface area contributed by atoms with Crippen molar-refractivity contribution in [3.63, 3.8) is 0 Å². The Bertz CT molecular complexity index is 919. The summed E-state index contributed by atoms with van der Waals surface area (Å²) in [5.74, 6) is 1.23. The van der Waals surface area contributed by atoms with Gasteiger partial charge in [-0.15, -0.1) is 0 Å². The fraction of sp³-hybridized carbons (Fsp3) is 0.548. The molecule has 0 atom stereocenters. The first-order valence-electron chi connectivity index (χ1n) is 14.2. The zero-order chi connectivity index (χ0) is 26.1. The van der Waals surface area contributed by atoms with Gasteiger partial charge >= 0.3 is 6.09 Å². The highest BCUT2D eigenvalue weighted by Crippen LogP contribution is 2.44. The van der Waals surface area contributed by atoms with Gasteiger partial charge < -0.3 is 15.4 Å². The van der Waals surface area contributed by atoms with Gasteiger partial charge in [0, 0.05) is 25.4 Å². The van der Waals surface area contributed by atoms with Gasteiger partial charge in [0.05, 0.1) is 0 Å². The maximum Gasteiger partial charge on any atom is 0.407 e. The topological polar surface area (TPSA) is 67.4 Å². The third-order valence-corrected chi connectivity index (χ3v) is 7.42. The molecule has 0 bridgehead atoms. The van der Waals surface area contributed by atoms with Crippen molar-refractivity contribution in [2.75, 3.05) is 25.4 Å². The van der Waals surface area contributed by atoms with Gasteiger partial charge in [-0.05, 0) is 60.1 Å². The first-order chi connectivity index (χ1) is 18.2. The highest BCUT2D eigenvalue weighted by molar-refractivity contribution is 7.80. The van der Waals surface area contributed by atoms with E-state index in [9.17, 15) is 9.59 Å². The maximum atomic E-state index is 12.2. The molecule has 0 aliphatic heterocycles. The number of fused-ring (bicyclic) bond motifs is 3. The zero-order valence-electron chi connectivity index (χ0n) is 22.2. The van der Waals surface area contributed by atoms with E-state index in [0.29, 0.717) is 26.1 Å². The number of unbranched alkanes of at least 4 members (excludes halogenated alkanes) is 9. The van der Waals surface area contributed by atoms with Gasteiger partial charge in [-0.2, -0.15) is 12.6 Å². The van der Waals surface area contributed by atoms with Crippen molar-refractivity contribution in [3.8, 4) is 11.1 Å². The van der Waals surface area contributed by atoms with Crippen LogP contribution in [0.5, 0.6) is 0 Å². The second kappa shape index (κ2) is 17.1. The summed E-state index contributed by atoms with van der Waals surface area (Å²) in [7, 11) is 0. The summed E-state index contributed by atoms with van der Waals surface area (Å²) < 4.78 is 5.57. The van der Waals surface area contributed by atoms with Crippen LogP contribution >= 0.6 is 12.6 Å². The van der Waals surface area contributed by atoms with Gasteiger partial charge in [0.25, 0.3) is 0 Å². The van der Waals surface area contributed by atoms with Crippen molar-refractivity contribution >= 4 is 24.6 Å². The van der Waals surface area contributed by atoms with E-state index in [1.807, 2.05) is 24.3 Å². The molecule has 0 unspecified atom stereocenters. The summed E-state index contributed by atoms with van der Waals surface area (Å²) in [5.41, 5.74) is 4.89. The van der Waals surface area contributed by atoms with E-state index in [4.69, 9.17) is 4.74 Å². The monoisotopic (exact) mass is 524 g/mol. The Hall–Kier alpha value is -2.47. The molecule has 1 aliphatic rings. The number of nitrogens with one attached hydrogen (secondary N) is 2. The van der Waals surface area contributed by atoms with Crippen LogP contribution < -0.4 is 10.6 Å². The van der Waals surface area contributed by atoms with Gasteiger partial charge in [-0.25, -0.2) is 4.79 Å². The second-order valence-corrected chi connectivity index (χ2v) is 10.4. The fourth-order valence-corrected chi connectivity index (χ4v) is 5.26. The number of carbonyl (C=O) groups excluding carboxylic acids is 2. The Morgan fingerprint density at radius 2 is 1.19 bits per heavy atom. The summed E-state index contributed by atoms with van der Waals surface area (Å²) in [6.07, 6.45) is 12.7. The lowest BCUT2D eigenvalue weighted by Gasteiger charge is -2.14. The van der Waals surface area contributed by atoms with Crippen LogP contribution in [0, 0.1) is 0 Å². The molecule has 1 aliphatic carbocycles. The number of ether oxygens (including phenoxy) is 1. The van der Waals surface area contributed by atoms with Gasteiger partial charge in [-0.1, -0.05) is 87.1 Å². The molecule has 37 heavy (non-hydrogen) atoms. The summed E-state index contributed by atoms with van der Waals surface area (Å²) in [5, 5.41) is 5.88. The Kier molecular flexibility index (Phi) is 13.5. The van der Waals surface area contributed by atoms with E-state index in [1.165, 1.54) is 60.8 Å². The Morgan fingerprint density at radius 1 is 0.676 bits per heavy atom. The van der Waals surface area contributed by atoms with Crippen LogP contribution in [0.4, 0.5) is 4.79 Å². The van der Waals surface area contributed by atoms with E-state index < -0.39 is 0 Å². The number of benzene rings is 2. The van der Waals surface area contributed by atoms with Gasteiger partial charge in [0.15, 0.2) is 0 Å². The molecule has 2 aromatic rings. The molecule has 2 N–H and O–H groups in total. The molecule has 2 aromatic carbocycles. The average Bonchev–Trinajstić information content (AvgIpc) is 3.24. The summed E-state index contributed by atoms with van der Waals surface area (Å²) in [6, 6.07) is 16.7. The number of hydrogen-bond donors (Lipinski definition) is 3. The highest BCUT2D eigenvalue weighted by Gasteiger charge is 2.28. The van der Waals surface area contributed by atoms with E-state index >= 15 is 0 Å². The summed E-state index contributed by atoms with van der Waals surface area (Å²) in [4.78, 5) is 24.2. The van der Waals surface area contributed by atoms with Gasteiger partial charge in [0.1, 0.15) is 6.61 Å². The second-order valence-electron chi connectivity index (χ2n) is 9.96. The van der Waals surface area contributed by atoms with Crippen molar-refractivity contribution in [2.45, 2.75) is 83.0 Å². The average molecular weight is 525 g/mol. The fourth-order valence-electron chi connectivity index (χ4n) is 5.04. The minimum absolute atomic E-state index is 0.0785. The number of amides is 2. The first kappa shape index (κ1) is 29.1. The van der Waals surface area contributed by atoms with Crippen LogP contribution in [-0.4, -0.2) is 37.4 Å². The zero-order valence-corrected chi connectivity index (χ0v) is 23.1. The number of rotatable bonds is 18. The highest BCUT2D eigenvalue weighted by atomic mass is 32.1. The van der Waals surface area contributed by atoms with Crippen LogP contribution in [0.25, 0.3) is 11.1 Å². The molecule has 0 radical (unpaired) electrons. The lowest BCUT2D eigenvalue weighted by molar-refractivity contribution is -0.121. The largest absolute Gasteiger partial charge is 0.449 e. The minimum atomic E-state index is -0.368. The summed E-state index contributed by atoms with van der Waals surface area (Å²) >= 11 is 4.24. The van der Waals surface area contributed by atoms with Crippen molar-refractivity contribution in [1.82, 2.24) is 10.6 Å². The van der Waals surface area contributed by atoms with Crippen molar-refractivity contribution in [1.29, 1.82) is 0 Å². The molecular formula is C31H44N2O3S. The van der Waals surface area contributed by atoms with E-state index in [0.717, 1.165) is 37.9 Å². The number of thiol groups is 1. The van der Waals surface area contributed by atoms with E-state index in [2.05, 4.69) is 47.5 Å². The normalized spacial score (nSPS) is 12.1. The number of alkyl carbamates (subject to hydrolysis) is 1. The molecule has 202 valence electrons. The molecule has 0 saturated heterocycles. The maximum absolute atomic E-state index is 12.2. The van der Waals surface area contributed by atoms with Gasteiger partial charge in [0.2, 0.25) is 5.91 Å². The molecule has 0 fully saturated rings. The Labute approximate surface area is 228 Å². The lowest BCUT2D eigenvalue weighted by atomic mass is 9.98. The van der Waals surface area contributed by atoms with Crippen LogP contribution in [0.2, 0.25) is 0 Å². The molecule has 0 saturated carbocycles. The summed E-state index contributed by atoms with van der Waals surface area (Å²) in [6.45, 7) is 1.62. The van der Waals surface area contributed by atoms with E-state index in [-0.39, 0.29) is 17.9 Å². The number of hydrogen-bond acceptors (Lipinski definition) is 4. The molecule has 3 rings (SSSR count). The van der Waals surface area contributed by atoms with Crippen LogP contribution in [0.15, 0.2) is 48.5 Å². The van der Waals surface area contributed by atoms with Crippen molar-refractivity contribution in [2.24, 2.45) is 0 Å². The number of carbonyl (C=O) groups is 2. The predicted molar refractivity (Wildman–Crippen MR) is 155 cm³/mol. The van der Waals surface area contributed by atoms with Crippen molar-refractivity contribution in [3.05, 3.63) is 59.7 Å². The smallest absolute Gasteiger partial charge is 0.407 e. The SMILES string of the molecule is O=C(CCCCCCCCCCS)NCCCCCNC(=O)OCC1c2ccccc2-c2ccccc21. The first-order valence-corrected chi connectivity index (χ1v) is 14.8. The Morgan fingerprint density at radius 3 is 1.81 bits per heavy atom. The molecular weight excluding hydrogens is 480 g/mol. The van der Waals surface area contributed by atoms with Crippen LogP contribution in [-0.2, 0) is 9.53 Å². The lowest BCUT2D eigenvalue weighted by Crippen LogP contribution is -2.27. The minimum Gasteiger partial charge on any atom is -0.449 e. The third kappa shape index (κ3) is 10.1. The van der Waals surface area contributed by atoms with Gasteiger partial charge in [-0.3, -0.25) is 4.79 Å². The quantitative estimate of drug-likeness (QED) is 0.142. The van der Waals surface area contributed by atoms with Crippen molar-refractivity contribution < 1.29 is 14.3 Å². The molecule has 0 heterocycles. The molecule has 0 spiro atoms. The molecule has 6 heteroatoms. The molecule has 0 aromatic heterocycles. The Balaban J connectivity index is 1.17. The standard InChI is InChI=1S/C31H44N2O3S/c34-30(20-8-5-3-1-2-4-6-15-23-37)32-21-13-7-14-22-33-31(35)36-24-29-27-18-11-9-16-25(27)26-17-10-12-19-28(26)29/h9-12,16-19,29,37H,1-8,13-15,20-24H2,(H,32,34)(H,33,35). The predicted octanol–water partition coefficient (Wildman–Crippen LogP) is 7.25. The molecule has 2 amide bonds. The van der Waals surface area contributed by atoms with E-state index in [1.54, 1.807) is 0 Å².